The summed E-state index contributed by atoms with van der Waals surface area (Å²) in [6.07, 6.45) is 2.10. The van der Waals surface area contributed by atoms with E-state index in [1.807, 2.05) is 30.3 Å². The Morgan fingerprint density at radius 1 is 1.14 bits per heavy atom. The number of para-hydroxylation sites is 1. The molecule has 1 fully saturated rings. The van der Waals surface area contributed by atoms with Crippen LogP contribution in [0.1, 0.15) is 28.9 Å². The summed E-state index contributed by atoms with van der Waals surface area (Å²) in [4.78, 5) is 19.3. The molecule has 0 bridgehead atoms. The summed E-state index contributed by atoms with van der Waals surface area (Å²) in [5.74, 6) is 0.351. The molecule has 6 heteroatoms. The normalized spacial score (nSPS) is 15.5. The Labute approximate surface area is 175 Å². The van der Waals surface area contributed by atoms with Crippen LogP contribution < -0.4 is 5.32 Å². The highest BCUT2D eigenvalue weighted by Crippen LogP contribution is 2.23. The number of nitrogens with one attached hydrogen (secondary N) is 1. The smallest absolute Gasteiger partial charge is 0.269 e. The van der Waals surface area contributed by atoms with Crippen LogP contribution >= 0.6 is 11.6 Å². The Bertz CT molecular complexity index is 1020. The number of nitrogens with zero attached hydrogens (tertiary/aromatic N) is 2. The van der Waals surface area contributed by atoms with Crippen molar-refractivity contribution >= 4 is 28.4 Å². The van der Waals surface area contributed by atoms with Crippen LogP contribution in [-0.4, -0.2) is 40.5 Å². The molecule has 4 rings (SSSR count). The van der Waals surface area contributed by atoms with Gasteiger partial charge in [-0.05, 0) is 61.7 Å². The lowest BCUT2D eigenvalue weighted by atomic mass is 9.96. The maximum Gasteiger partial charge on any atom is 0.269 e. The molecule has 1 aromatic heterocycles. The fourth-order valence-electron chi connectivity index (χ4n) is 3.83. The molecule has 150 valence electrons. The molecule has 2 N–H and O–H groups in total. The van der Waals surface area contributed by atoms with Gasteiger partial charge < -0.3 is 10.4 Å². The van der Waals surface area contributed by atoms with Crippen molar-refractivity contribution in [3.05, 3.63) is 70.9 Å². The standard InChI is InChI=1S/C23H24ClN3O2/c24-19-5-1-3-17(13-19)15-27-11-9-16(10-12-27)14-25-23(29)20-8-7-18-4-2-6-21(28)22(18)26-20/h1-8,13,16,28H,9-12,14-15H2,(H,25,29). The number of rotatable bonds is 5. The van der Waals surface area contributed by atoms with Crippen LogP contribution in [0.5, 0.6) is 5.75 Å². The fourth-order valence-corrected chi connectivity index (χ4v) is 4.04. The number of phenols is 1. The summed E-state index contributed by atoms with van der Waals surface area (Å²) in [6, 6.07) is 16.7. The van der Waals surface area contributed by atoms with Gasteiger partial charge >= 0.3 is 0 Å². The summed E-state index contributed by atoms with van der Waals surface area (Å²) in [5, 5.41) is 14.5. The first kappa shape index (κ1) is 19.7. The number of aromatic nitrogens is 1. The Hall–Kier alpha value is -2.63. The summed E-state index contributed by atoms with van der Waals surface area (Å²) in [7, 11) is 0. The van der Waals surface area contributed by atoms with Crippen molar-refractivity contribution in [2.45, 2.75) is 19.4 Å². The van der Waals surface area contributed by atoms with Crippen LogP contribution in [0.3, 0.4) is 0 Å². The molecule has 3 aromatic rings. The van der Waals surface area contributed by atoms with Gasteiger partial charge in [0.05, 0.1) is 0 Å². The largest absolute Gasteiger partial charge is 0.506 e. The highest BCUT2D eigenvalue weighted by atomic mass is 35.5. The molecule has 0 unspecified atom stereocenters. The Morgan fingerprint density at radius 2 is 1.93 bits per heavy atom. The zero-order valence-corrected chi connectivity index (χ0v) is 16.9. The van der Waals surface area contributed by atoms with Gasteiger partial charge in [0, 0.05) is 23.5 Å². The average Bonchev–Trinajstić information content (AvgIpc) is 2.73. The van der Waals surface area contributed by atoms with Crippen molar-refractivity contribution in [3.8, 4) is 5.75 Å². The maximum atomic E-state index is 12.5. The summed E-state index contributed by atoms with van der Waals surface area (Å²) in [6.45, 7) is 3.57. The zero-order valence-electron chi connectivity index (χ0n) is 16.1. The van der Waals surface area contributed by atoms with Gasteiger partial charge in [-0.3, -0.25) is 9.69 Å². The van der Waals surface area contributed by atoms with E-state index in [4.69, 9.17) is 11.6 Å². The van der Waals surface area contributed by atoms with Crippen molar-refractivity contribution < 1.29 is 9.90 Å². The van der Waals surface area contributed by atoms with Crippen LogP contribution in [0.15, 0.2) is 54.6 Å². The minimum absolute atomic E-state index is 0.0872. The Kier molecular flexibility index (Phi) is 5.97. The number of pyridine rings is 1. The quantitative estimate of drug-likeness (QED) is 0.661. The molecule has 0 saturated carbocycles. The predicted molar refractivity (Wildman–Crippen MR) is 115 cm³/mol. The molecule has 2 heterocycles. The Balaban J connectivity index is 1.28. The lowest BCUT2D eigenvalue weighted by Crippen LogP contribution is -2.38. The molecule has 1 aliphatic heterocycles. The maximum absolute atomic E-state index is 12.5. The van der Waals surface area contributed by atoms with E-state index in [1.165, 1.54) is 5.56 Å². The molecule has 0 radical (unpaired) electrons. The summed E-state index contributed by atoms with van der Waals surface area (Å²) >= 11 is 6.07. The van der Waals surface area contributed by atoms with E-state index in [2.05, 4.69) is 21.3 Å². The third-order valence-corrected chi connectivity index (χ3v) is 5.72. The van der Waals surface area contributed by atoms with Crippen LogP contribution in [0, 0.1) is 5.92 Å². The van der Waals surface area contributed by atoms with E-state index in [9.17, 15) is 9.90 Å². The molecule has 0 atom stereocenters. The molecular formula is C23H24ClN3O2. The lowest BCUT2D eigenvalue weighted by Gasteiger charge is -2.32. The number of hydrogen-bond donors (Lipinski definition) is 2. The molecule has 29 heavy (non-hydrogen) atoms. The van der Waals surface area contributed by atoms with Crippen molar-refractivity contribution in [2.75, 3.05) is 19.6 Å². The number of halogens is 1. The highest BCUT2D eigenvalue weighted by molar-refractivity contribution is 6.30. The third-order valence-electron chi connectivity index (χ3n) is 5.49. The number of phenolic OH excluding ortho intramolecular Hbond substituents is 1. The minimum Gasteiger partial charge on any atom is -0.506 e. The van der Waals surface area contributed by atoms with Gasteiger partial charge in [-0.1, -0.05) is 41.9 Å². The van der Waals surface area contributed by atoms with Crippen LogP contribution in [-0.2, 0) is 6.54 Å². The van der Waals surface area contributed by atoms with E-state index in [1.54, 1.807) is 18.2 Å². The number of aromatic hydroxyl groups is 1. The van der Waals surface area contributed by atoms with Gasteiger partial charge in [-0.25, -0.2) is 4.98 Å². The van der Waals surface area contributed by atoms with Crippen molar-refractivity contribution in [1.29, 1.82) is 0 Å². The van der Waals surface area contributed by atoms with E-state index >= 15 is 0 Å². The van der Waals surface area contributed by atoms with Gasteiger partial charge in [0.25, 0.3) is 5.91 Å². The summed E-state index contributed by atoms with van der Waals surface area (Å²) in [5.41, 5.74) is 2.02. The SMILES string of the molecule is O=C(NCC1CCN(Cc2cccc(Cl)c2)CC1)c1ccc2cccc(O)c2n1. The van der Waals surface area contributed by atoms with Gasteiger partial charge in [0.1, 0.15) is 17.0 Å². The average molecular weight is 410 g/mol. The zero-order chi connectivity index (χ0) is 20.2. The van der Waals surface area contributed by atoms with E-state index in [0.29, 0.717) is 23.7 Å². The fraction of sp³-hybridized carbons (Fsp3) is 0.304. The lowest BCUT2D eigenvalue weighted by molar-refractivity contribution is 0.0930. The van der Waals surface area contributed by atoms with Gasteiger partial charge in [0.15, 0.2) is 0 Å². The summed E-state index contributed by atoms with van der Waals surface area (Å²) < 4.78 is 0. The van der Waals surface area contributed by atoms with E-state index in [-0.39, 0.29) is 11.7 Å². The molecule has 1 amide bonds. The van der Waals surface area contributed by atoms with E-state index < -0.39 is 0 Å². The number of carbonyl (C=O) groups excluding carboxylic acids is 1. The molecule has 2 aromatic carbocycles. The highest BCUT2D eigenvalue weighted by Gasteiger charge is 2.20. The molecule has 5 nitrogen and oxygen atoms in total. The first-order valence-corrected chi connectivity index (χ1v) is 10.3. The minimum atomic E-state index is -0.198. The number of hydrogen-bond acceptors (Lipinski definition) is 4. The molecule has 0 aliphatic carbocycles. The molecule has 1 aliphatic rings. The number of piperidine rings is 1. The third kappa shape index (κ3) is 4.86. The number of amides is 1. The molecular weight excluding hydrogens is 386 g/mol. The topological polar surface area (TPSA) is 65.5 Å². The van der Waals surface area contributed by atoms with Crippen molar-refractivity contribution in [3.63, 3.8) is 0 Å². The van der Waals surface area contributed by atoms with Gasteiger partial charge in [-0.15, -0.1) is 0 Å². The number of carbonyl (C=O) groups is 1. The van der Waals surface area contributed by atoms with Gasteiger partial charge in [0.2, 0.25) is 0 Å². The van der Waals surface area contributed by atoms with Crippen molar-refractivity contribution in [1.82, 2.24) is 15.2 Å². The Morgan fingerprint density at radius 3 is 2.72 bits per heavy atom. The molecule has 1 saturated heterocycles. The van der Waals surface area contributed by atoms with Gasteiger partial charge in [-0.2, -0.15) is 0 Å². The van der Waals surface area contributed by atoms with Crippen LogP contribution in [0.4, 0.5) is 0 Å². The first-order chi connectivity index (χ1) is 14.1. The number of benzene rings is 2. The molecule has 0 spiro atoms. The second kappa shape index (κ2) is 8.80. The monoisotopic (exact) mass is 409 g/mol. The van der Waals surface area contributed by atoms with Crippen LogP contribution in [0.2, 0.25) is 5.02 Å². The predicted octanol–water partition coefficient (Wildman–Crippen LogP) is 4.24. The first-order valence-electron chi connectivity index (χ1n) is 9.92. The van der Waals surface area contributed by atoms with Crippen LogP contribution in [0.25, 0.3) is 10.9 Å². The second-order valence-corrected chi connectivity index (χ2v) is 8.04. The number of likely N-dealkylation sites (tertiary alicyclic amines) is 1. The second-order valence-electron chi connectivity index (χ2n) is 7.60. The van der Waals surface area contributed by atoms with E-state index in [0.717, 1.165) is 42.9 Å². The number of fused-ring (bicyclic) bond motifs is 1. The van der Waals surface area contributed by atoms with Crippen molar-refractivity contribution in [2.24, 2.45) is 5.92 Å².